The van der Waals surface area contributed by atoms with Gasteiger partial charge in [0.15, 0.2) is 0 Å². The second kappa shape index (κ2) is 6.63. The molecule has 2 unspecified atom stereocenters. The van der Waals surface area contributed by atoms with E-state index in [1.807, 2.05) is 0 Å². The number of halogens is 1. The zero-order valence-corrected chi connectivity index (χ0v) is 13.1. The van der Waals surface area contributed by atoms with E-state index in [0.717, 1.165) is 26.1 Å². The van der Waals surface area contributed by atoms with Crippen molar-refractivity contribution in [2.75, 3.05) is 19.7 Å². The quantitative estimate of drug-likeness (QED) is 0.833. The van der Waals surface area contributed by atoms with Crippen LogP contribution in [0.1, 0.15) is 45.4 Å². The molecule has 3 fully saturated rings. The number of ether oxygens (including phenoxy) is 1. The highest BCUT2D eigenvalue weighted by Crippen LogP contribution is 2.53. The van der Waals surface area contributed by atoms with Gasteiger partial charge in [-0.15, -0.1) is 12.4 Å². The number of carbonyl (C=O) groups excluding carboxylic acids is 1. The second-order valence-electron chi connectivity index (χ2n) is 6.39. The Morgan fingerprint density at radius 1 is 1.30 bits per heavy atom. The fraction of sp³-hybridized carbons (Fsp3) is 0.933. The summed E-state index contributed by atoms with van der Waals surface area (Å²) in [5.41, 5.74) is 0.251. The average molecular weight is 303 g/mol. The van der Waals surface area contributed by atoms with Crippen LogP contribution in [0.25, 0.3) is 0 Å². The lowest BCUT2D eigenvalue weighted by Gasteiger charge is -2.58. The molecule has 5 heteroatoms. The molecule has 2 N–H and O–H groups in total. The Balaban J connectivity index is 0.00000147. The highest BCUT2D eigenvalue weighted by Gasteiger charge is 2.56. The lowest BCUT2D eigenvalue weighted by atomic mass is 9.55. The summed E-state index contributed by atoms with van der Waals surface area (Å²) in [6.07, 6.45) is 7.77. The van der Waals surface area contributed by atoms with Gasteiger partial charge in [0, 0.05) is 31.2 Å². The largest absolute Gasteiger partial charge is 0.378 e. The van der Waals surface area contributed by atoms with Crippen molar-refractivity contribution in [1.82, 2.24) is 10.6 Å². The number of nitrogens with one attached hydrogen (secondary N) is 2. The first-order chi connectivity index (χ1) is 9.26. The van der Waals surface area contributed by atoms with E-state index in [2.05, 4.69) is 17.6 Å². The predicted molar refractivity (Wildman–Crippen MR) is 81.1 cm³/mol. The molecule has 0 aromatic heterocycles. The fourth-order valence-corrected chi connectivity index (χ4v) is 4.03. The zero-order valence-electron chi connectivity index (χ0n) is 12.3. The number of amides is 1. The molecule has 1 heterocycles. The number of carbonyl (C=O) groups is 1. The maximum Gasteiger partial charge on any atom is 0.225 e. The Labute approximate surface area is 127 Å². The molecule has 1 aliphatic heterocycles. The van der Waals surface area contributed by atoms with Gasteiger partial charge in [-0.05, 0) is 26.2 Å². The first-order valence-electron chi connectivity index (χ1n) is 7.89. The van der Waals surface area contributed by atoms with Crippen LogP contribution in [0.5, 0.6) is 0 Å². The summed E-state index contributed by atoms with van der Waals surface area (Å²) in [6, 6.07) is 0.359. The van der Waals surface area contributed by atoms with Crippen molar-refractivity contribution in [2.45, 2.75) is 57.6 Å². The summed E-state index contributed by atoms with van der Waals surface area (Å²) in [5.74, 6) is 0.454. The van der Waals surface area contributed by atoms with Gasteiger partial charge in [-0.25, -0.2) is 0 Å². The third kappa shape index (κ3) is 2.70. The summed E-state index contributed by atoms with van der Waals surface area (Å²) in [6.45, 7) is 4.56. The van der Waals surface area contributed by atoms with Crippen LogP contribution in [0.4, 0.5) is 0 Å². The Hall–Kier alpha value is -0.320. The maximum absolute atomic E-state index is 12.1. The summed E-state index contributed by atoms with van der Waals surface area (Å²) in [4.78, 5) is 12.1. The Bertz CT molecular complexity index is 341. The molecule has 0 aromatic rings. The Morgan fingerprint density at radius 3 is 2.55 bits per heavy atom. The van der Waals surface area contributed by atoms with Gasteiger partial charge in [0.05, 0.1) is 12.0 Å². The van der Waals surface area contributed by atoms with Crippen LogP contribution < -0.4 is 10.6 Å². The van der Waals surface area contributed by atoms with E-state index in [-0.39, 0.29) is 29.6 Å². The van der Waals surface area contributed by atoms with Crippen molar-refractivity contribution >= 4 is 18.3 Å². The summed E-state index contributed by atoms with van der Waals surface area (Å²) >= 11 is 0. The lowest BCUT2D eigenvalue weighted by Crippen LogP contribution is -2.67. The summed E-state index contributed by atoms with van der Waals surface area (Å²) in [5, 5.41) is 6.47. The molecule has 0 radical (unpaired) electrons. The van der Waals surface area contributed by atoms with Crippen LogP contribution >= 0.6 is 12.4 Å². The average Bonchev–Trinajstić information content (AvgIpc) is 2.36. The molecule has 4 nitrogen and oxygen atoms in total. The van der Waals surface area contributed by atoms with E-state index in [1.165, 1.54) is 32.1 Å². The molecular weight excluding hydrogens is 276 g/mol. The van der Waals surface area contributed by atoms with Gasteiger partial charge >= 0.3 is 0 Å². The first kappa shape index (κ1) is 16.1. The molecule has 3 aliphatic rings. The van der Waals surface area contributed by atoms with Gasteiger partial charge in [0.1, 0.15) is 0 Å². The number of hydrogen-bond donors (Lipinski definition) is 2. The monoisotopic (exact) mass is 302 g/mol. The molecule has 2 atom stereocenters. The van der Waals surface area contributed by atoms with E-state index in [0.29, 0.717) is 12.1 Å². The Morgan fingerprint density at radius 2 is 2.00 bits per heavy atom. The molecule has 116 valence electrons. The number of rotatable bonds is 4. The van der Waals surface area contributed by atoms with Gasteiger partial charge in [-0.3, -0.25) is 4.79 Å². The first-order valence-corrected chi connectivity index (χ1v) is 7.89. The third-order valence-corrected chi connectivity index (χ3v) is 5.41. The molecule has 20 heavy (non-hydrogen) atoms. The zero-order chi connectivity index (χ0) is 13.3. The van der Waals surface area contributed by atoms with E-state index in [1.54, 1.807) is 0 Å². The van der Waals surface area contributed by atoms with E-state index in [4.69, 9.17) is 4.74 Å². The Kier molecular flexibility index (Phi) is 5.32. The molecular formula is C15H27ClN2O2. The molecule has 1 spiro atoms. The second-order valence-corrected chi connectivity index (χ2v) is 6.39. The molecule has 0 aromatic carbocycles. The third-order valence-electron chi connectivity index (χ3n) is 5.41. The van der Waals surface area contributed by atoms with E-state index in [9.17, 15) is 4.79 Å². The normalized spacial score (nSPS) is 31.9. The lowest BCUT2D eigenvalue weighted by molar-refractivity contribution is -0.159. The molecule has 2 aliphatic carbocycles. The molecule has 1 amide bonds. The van der Waals surface area contributed by atoms with Gasteiger partial charge in [0.2, 0.25) is 5.91 Å². The van der Waals surface area contributed by atoms with E-state index < -0.39 is 0 Å². The summed E-state index contributed by atoms with van der Waals surface area (Å²) in [7, 11) is 0. The van der Waals surface area contributed by atoms with Crippen molar-refractivity contribution in [3.05, 3.63) is 0 Å². The molecule has 2 saturated carbocycles. The van der Waals surface area contributed by atoms with Crippen molar-refractivity contribution in [2.24, 2.45) is 11.3 Å². The van der Waals surface area contributed by atoms with Gasteiger partial charge in [-0.1, -0.05) is 19.3 Å². The fourth-order valence-electron chi connectivity index (χ4n) is 4.03. The minimum atomic E-state index is 0. The molecule has 3 rings (SSSR count). The summed E-state index contributed by atoms with van der Waals surface area (Å²) < 4.78 is 5.92. The van der Waals surface area contributed by atoms with Crippen molar-refractivity contribution in [3.8, 4) is 0 Å². The van der Waals surface area contributed by atoms with Crippen LogP contribution in [0, 0.1) is 11.3 Å². The smallest absolute Gasteiger partial charge is 0.225 e. The van der Waals surface area contributed by atoms with Crippen LogP contribution in [0.3, 0.4) is 0 Å². The highest BCUT2D eigenvalue weighted by molar-refractivity contribution is 5.85. The minimum absolute atomic E-state index is 0. The van der Waals surface area contributed by atoms with Gasteiger partial charge in [-0.2, -0.15) is 0 Å². The highest BCUT2D eigenvalue weighted by atomic mass is 35.5. The van der Waals surface area contributed by atoms with Crippen molar-refractivity contribution in [3.63, 3.8) is 0 Å². The van der Waals surface area contributed by atoms with Crippen molar-refractivity contribution < 1.29 is 9.53 Å². The number of hydrogen-bond acceptors (Lipinski definition) is 3. The van der Waals surface area contributed by atoms with E-state index >= 15 is 0 Å². The van der Waals surface area contributed by atoms with Crippen LogP contribution in [-0.2, 0) is 9.53 Å². The van der Waals surface area contributed by atoms with Gasteiger partial charge < -0.3 is 15.4 Å². The van der Waals surface area contributed by atoms with Crippen LogP contribution in [-0.4, -0.2) is 37.7 Å². The van der Waals surface area contributed by atoms with Crippen molar-refractivity contribution in [1.29, 1.82) is 0 Å². The molecule has 1 saturated heterocycles. The predicted octanol–water partition coefficient (Wildman–Crippen LogP) is 1.87. The van der Waals surface area contributed by atoms with Crippen LogP contribution in [0.2, 0.25) is 0 Å². The minimum Gasteiger partial charge on any atom is -0.378 e. The molecule has 0 bridgehead atoms. The van der Waals surface area contributed by atoms with Gasteiger partial charge in [0.25, 0.3) is 0 Å². The SMILES string of the molecule is CCOC1CC(NC(=O)C2CNC2)C12CCCCC2.Cl. The topological polar surface area (TPSA) is 50.4 Å². The maximum atomic E-state index is 12.1. The van der Waals surface area contributed by atoms with Crippen LogP contribution in [0.15, 0.2) is 0 Å². The standard InChI is InChI=1S/C15H26N2O2.ClH/c1-2-19-13-8-12(15(13)6-4-3-5-7-15)17-14(18)11-9-16-10-11;/h11-13,16H,2-10H2,1H3,(H,17,18);1H.